The maximum Gasteiger partial charge on any atom is 0.250 e. The van der Waals surface area contributed by atoms with Crippen molar-refractivity contribution < 1.29 is 9.53 Å². The molecular weight excluding hydrogens is 204 g/mol. The van der Waals surface area contributed by atoms with Crippen LogP contribution in [-0.4, -0.2) is 32.7 Å². The molecule has 4 heteroatoms. The summed E-state index contributed by atoms with van der Waals surface area (Å²) in [6.45, 7) is 3.37. The highest BCUT2D eigenvalue weighted by Crippen LogP contribution is 2.08. The predicted octanol–water partition coefficient (Wildman–Crippen LogP) is 1.17. The van der Waals surface area contributed by atoms with Gasteiger partial charge in [0.05, 0.1) is 6.61 Å². The first kappa shape index (κ1) is 12.7. The van der Waals surface area contributed by atoms with E-state index in [2.05, 4.69) is 10.6 Å². The maximum absolute atomic E-state index is 11.4. The Kier molecular flexibility index (Phi) is 5.53. The second kappa shape index (κ2) is 6.98. The molecule has 0 radical (unpaired) electrons. The number of rotatable bonds is 6. The Hall–Kier alpha value is -1.39. The van der Waals surface area contributed by atoms with Crippen LogP contribution in [0.4, 0.5) is 5.69 Å². The van der Waals surface area contributed by atoms with E-state index in [1.807, 2.05) is 38.2 Å². The Labute approximate surface area is 96.0 Å². The van der Waals surface area contributed by atoms with Gasteiger partial charge in [-0.2, -0.15) is 0 Å². The molecule has 16 heavy (non-hydrogen) atoms. The van der Waals surface area contributed by atoms with Crippen molar-refractivity contribution in [2.75, 3.05) is 32.1 Å². The Bertz CT molecular complexity index is 340. The van der Waals surface area contributed by atoms with Crippen molar-refractivity contribution in [2.24, 2.45) is 0 Å². The van der Waals surface area contributed by atoms with Gasteiger partial charge in [0.25, 0.3) is 0 Å². The summed E-state index contributed by atoms with van der Waals surface area (Å²) in [4.78, 5) is 11.4. The molecule has 0 unspecified atom stereocenters. The van der Waals surface area contributed by atoms with Crippen molar-refractivity contribution in [3.63, 3.8) is 0 Å². The molecule has 1 aromatic carbocycles. The van der Waals surface area contributed by atoms with E-state index in [1.165, 1.54) is 0 Å². The molecule has 0 fully saturated rings. The number of nitrogens with one attached hydrogen (secondary N) is 2. The fourth-order valence-corrected chi connectivity index (χ4v) is 1.26. The number of carbonyl (C=O) groups is 1. The smallest absolute Gasteiger partial charge is 0.250 e. The normalized spacial score (nSPS) is 10.1. The minimum Gasteiger partial charge on any atom is -0.370 e. The van der Waals surface area contributed by atoms with E-state index >= 15 is 0 Å². The summed E-state index contributed by atoms with van der Waals surface area (Å²) in [5.74, 6) is -0.123. The quantitative estimate of drug-likeness (QED) is 0.710. The standard InChI is InChI=1S/C12H18N2O2/c1-10-4-3-5-11(8-10)14-12(15)9-16-7-6-13-2/h3-5,8,13H,6-7,9H2,1-2H3,(H,14,15). The Morgan fingerprint density at radius 1 is 1.44 bits per heavy atom. The van der Waals surface area contributed by atoms with Crippen LogP contribution in [0.15, 0.2) is 24.3 Å². The number of hydrogen-bond acceptors (Lipinski definition) is 3. The van der Waals surface area contributed by atoms with Crippen molar-refractivity contribution in [2.45, 2.75) is 6.92 Å². The van der Waals surface area contributed by atoms with Gasteiger partial charge in [-0.25, -0.2) is 0 Å². The summed E-state index contributed by atoms with van der Waals surface area (Å²) in [6.07, 6.45) is 0. The lowest BCUT2D eigenvalue weighted by Crippen LogP contribution is -2.21. The van der Waals surface area contributed by atoms with E-state index in [4.69, 9.17) is 4.74 Å². The van der Waals surface area contributed by atoms with E-state index < -0.39 is 0 Å². The first-order valence-corrected chi connectivity index (χ1v) is 5.31. The number of benzene rings is 1. The van der Waals surface area contributed by atoms with Crippen LogP contribution in [0.2, 0.25) is 0 Å². The predicted molar refractivity (Wildman–Crippen MR) is 64.6 cm³/mol. The van der Waals surface area contributed by atoms with E-state index in [-0.39, 0.29) is 12.5 Å². The summed E-state index contributed by atoms with van der Waals surface area (Å²) in [6, 6.07) is 7.68. The fraction of sp³-hybridized carbons (Fsp3) is 0.417. The molecule has 0 aromatic heterocycles. The highest BCUT2D eigenvalue weighted by Gasteiger charge is 2.01. The number of likely N-dealkylation sites (N-methyl/N-ethyl adjacent to an activating group) is 1. The van der Waals surface area contributed by atoms with Gasteiger partial charge in [-0.15, -0.1) is 0 Å². The van der Waals surface area contributed by atoms with Gasteiger partial charge in [0.1, 0.15) is 6.61 Å². The lowest BCUT2D eigenvalue weighted by Gasteiger charge is -2.06. The minimum atomic E-state index is -0.123. The van der Waals surface area contributed by atoms with E-state index in [0.717, 1.165) is 17.8 Å². The van der Waals surface area contributed by atoms with Gasteiger partial charge in [-0.3, -0.25) is 4.79 Å². The van der Waals surface area contributed by atoms with Crippen LogP contribution in [0.3, 0.4) is 0 Å². The molecule has 0 spiro atoms. The molecular formula is C12H18N2O2. The molecule has 1 rings (SSSR count). The third-order valence-corrected chi connectivity index (χ3v) is 2.03. The van der Waals surface area contributed by atoms with E-state index in [0.29, 0.717) is 6.61 Å². The third kappa shape index (κ3) is 4.91. The third-order valence-electron chi connectivity index (χ3n) is 2.03. The molecule has 0 aliphatic carbocycles. The molecule has 0 bridgehead atoms. The molecule has 2 N–H and O–H groups in total. The lowest BCUT2D eigenvalue weighted by atomic mass is 10.2. The van der Waals surface area contributed by atoms with E-state index in [9.17, 15) is 4.79 Å². The monoisotopic (exact) mass is 222 g/mol. The zero-order valence-electron chi connectivity index (χ0n) is 9.75. The molecule has 4 nitrogen and oxygen atoms in total. The number of hydrogen-bond donors (Lipinski definition) is 2. The average Bonchev–Trinajstić information content (AvgIpc) is 2.24. The van der Waals surface area contributed by atoms with Crippen molar-refractivity contribution in [1.82, 2.24) is 5.32 Å². The zero-order valence-corrected chi connectivity index (χ0v) is 9.75. The van der Waals surface area contributed by atoms with Crippen LogP contribution in [0, 0.1) is 6.92 Å². The number of aryl methyl sites for hydroxylation is 1. The molecule has 0 aliphatic rings. The first-order chi connectivity index (χ1) is 7.72. The number of ether oxygens (including phenoxy) is 1. The summed E-state index contributed by atoms with van der Waals surface area (Å²) < 4.78 is 5.16. The molecule has 0 saturated heterocycles. The van der Waals surface area contributed by atoms with Crippen molar-refractivity contribution in [1.29, 1.82) is 0 Å². The minimum absolute atomic E-state index is 0.0929. The molecule has 0 heterocycles. The van der Waals surface area contributed by atoms with Gasteiger partial charge in [-0.1, -0.05) is 12.1 Å². The topological polar surface area (TPSA) is 50.4 Å². The van der Waals surface area contributed by atoms with Crippen LogP contribution in [0.5, 0.6) is 0 Å². The molecule has 0 atom stereocenters. The summed E-state index contributed by atoms with van der Waals surface area (Å²) in [5.41, 5.74) is 1.93. The number of amides is 1. The van der Waals surface area contributed by atoms with Crippen LogP contribution >= 0.6 is 0 Å². The largest absolute Gasteiger partial charge is 0.370 e. The molecule has 88 valence electrons. The van der Waals surface area contributed by atoms with Gasteiger partial charge in [0.2, 0.25) is 5.91 Å². The van der Waals surface area contributed by atoms with Crippen molar-refractivity contribution in [3.8, 4) is 0 Å². The maximum atomic E-state index is 11.4. The Morgan fingerprint density at radius 3 is 2.94 bits per heavy atom. The van der Waals surface area contributed by atoms with Crippen LogP contribution in [0.25, 0.3) is 0 Å². The first-order valence-electron chi connectivity index (χ1n) is 5.31. The van der Waals surface area contributed by atoms with Crippen LogP contribution in [-0.2, 0) is 9.53 Å². The molecule has 1 aromatic rings. The van der Waals surface area contributed by atoms with Gasteiger partial charge in [-0.05, 0) is 31.7 Å². The lowest BCUT2D eigenvalue weighted by molar-refractivity contribution is -0.120. The second-order valence-corrected chi connectivity index (χ2v) is 3.57. The van der Waals surface area contributed by atoms with Crippen molar-refractivity contribution in [3.05, 3.63) is 29.8 Å². The SMILES string of the molecule is CNCCOCC(=O)Nc1cccc(C)c1. The summed E-state index contributed by atoms with van der Waals surface area (Å²) >= 11 is 0. The van der Waals surface area contributed by atoms with Gasteiger partial charge in [0, 0.05) is 12.2 Å². The van der Waals surface area contributed by atoms with E-state index in [1.54, 1.807) is 0 Å². The van der Waals surface area contributed by atoms with Gasteiger partial charge >= 0.3 is 0 Å². The number of anilines is 1. The Morgan fingerprint density at radius 2 is 2.25 bits per heavy atom. The molecule has 0 aliphatic heterocycles. The van der Waals surface area contributed by atoms with Gasteiger partial charge in [0.15, 0.2) is 0 Å². The van der Waals surface area contributed by atoms with Crippen molar-refractivity contribution >= 4 is 11.6 Å². The number of carbonyl (C=O) groups excluding carboxylic acids is 1. The zero-order chi connectivity index (χ0) is 11.8. The average molecular weight is 222 g/mol. The van der Waals surface area contributed by atoms with Gasteiger partial charge < -0.3 is 15.4 Å². The Balaban J connectivity index is 2.29. The summed E-state index contributed by atoms with van der Waals surface area (Å²) in [7, 11) is 1.84. The van der Waals surface area contributed by atoms with Crippen LogP contribution in [0.1, 0.15) is 5.56 Å². The summed E-state index contributed by atoms with van der Waals surface area (Å²) in [5, 5.41) is 5.72. The fourth-order valence-electron chi connectivity index (χ4n) is 1.26. The second-order valence-electron chi connectivity index (χ2n) is 3.57. The molecule has 0 saturated carbocycles. The molecule has 1 amide bonds. The van der Waals surface area contributed by atoms with Crippen LogP contribution < -0.4 is 10.6 Å². The highest BCUT2D eigenvalue weighted by molar-refractivity contribution is 5.91. The highest BCUT2D eigenvalue weighted by atomic mass is 16.5.